The lowest BCUT2D eigenvalue weighted by molar-refractivity contribution is -0.121. The van der Waals surface area contributed by atoms with Crippen LogP contribution in [0, 0.1) is 5.92 Å². The molecule has 1 heterocycles. The first-order chi connectivity index (χ1) is 8.09. The Hall–Kier alpha value is -1.55. The summed E-state index contributed by atoms with van der Waals surface area (Å²) in [5.41, 5.74) is 0.508. The Morgan fingerprint density at radius 2 is 2.18 bits per heavy atom. The van der Waals surface area contributed by atoms with E-state index in [1.54, 1.807) is 24.3 Å². The van der Waals surface area contributed by atoms with Gasteiger partial charge in [-0.05, 0) is 24.6 Å². The number of anilines is 1. The van der Waals surface area contributed by atoms with Gasteiger partial charge in [-0.1, -0.05) is 24.6 Å². The number of imide groups is 1. The van der Waals surface area contributed by atoms with Crippen molar-refractivity contribution in [1.29, 1.82) is 0 Å². The summed E-state index contributed by atoms with van der Waals surface area (Å²) in [6.07, 6.45) is 0.654. The third kappa shape index (κ3) is 2.42. The molecule has 1 aromatic carbocycles. The van der Waals surface area contributed by atoms with Crippen LogP contribution in [0.15, 0.2) is 24.3 Å². The lowest BCUT2D eigenvalue weighted by Gasteiger charge is -2.20. The summed E-state index contributed by atoms with van der Waals surface area (Å²) < 4.78 is 0. The molecule has 0 spiro atoms. The van der Waals surface area contributed by atoms with Crippen molar-refractivity contribution < 1.29 is 9.59 Å². The van der Waals surface area contributed by atoms with E-state index >= 15 is 0 Å². The fraction of sp³-hybridized carbons (Fsp3) is 0.333. The van der Waals surface area contributed by atoms with E-state index in [1.807, 2.05) is 6.92 Å². The Balaban J connectivity index is 2.39. The molecule has 3 amide bonds. The lowest BCUT2D eigenvalue weighted by atomic mass is 10.1. The van der Waals surface area contributed by atoms with Gasteiger partial charge in [0.1, 0.15) is 0 Å². The maximum absolute atomic E-state index is 12.1. The number of urea groups is 1. The summed E-state index contributed by atoms with van der Waals surface area (Å²) in [5.74, 6) is -0.366. The molecular weight excluding hydrogens is 240 g/mol. The Kier molecular flexibility index (Phi) is 3.33. The van der Waals surface area contributed by atoms with Gasteiger partial charge in [0.15, 0.2) is 0 Å². The van der Waals surface area contributed by atoms with Gasteiger partial charge in [-0.2, -0.15) is 0 Å². The number of rotatable bonds is 1. The van der Waals surface area contributed by atoms with Gasteiger partial charge in [0.05, 0.1) is 5.69 Å². The van der Waals surface area contributed by atoms with Gasteiger partial charge < -0.3 is 5.32 Å². The molecule has 17 heavy (non-hydrogen) atoms. The molecule has 1 aromatic rings. The second kappa shape index (κ2) is 4.75. The van der Waals surface area contributed by atoms with E-state index in [4.69, 9.17) is 11.6 Å². The molecule has 90 valence electrons. The highest BCUT2D eigenvalue weighted by Crippen LogP contribution is 2.23. The van der Waals surface area contributed by atoms with Crippen molar-refractivity contribution in [3.05, 3.63) is 29.3 Å². The standard InChI is InChI=1S/C12H13ClN2O2/c1-8-5-6-14-12(17)15(11(8)16)10-4-2-3-9(13)7-10/h2-4,7-8H,5-6H2,1H3,(H,14,17). The average Bonchev–Trinajstić information content (AvgIpc) is 2.40. The zero-order valence-electron chi connectivity index (χ0n) is 9.44. The fourth-order valence-electron chi connectivity index (χ4n) is 1.78. The topological polar surface area (TPSA) is 49.4 Å². The van der Waals surface area contributed by atoms with Crippen LogP contribution < -0.4 is 10.2 Å². The number of halogens is 1. The first kappa shape index (κ1) is 11.9. The van der Waals surface area contributed by atoms with Gasteiger partial charge in [0, 0.05) is 17.5 Å². The minimum atomic E-state index is -0.387. The van der Waals surface area contributed by atoms with Gasteiger partial charge in [0.2, 0.25) is 5.91 Å². The minimum absolute atomic E-state index is 0.173. The number of nitrogens with zero attached hydrogens (tertiary/aromatic N) is 1. The number of nitrogens with one attached hydrogen (secondary N) is 1. The van der Waals surface area contributed by atoms with E-state index in [2.05, 4.69) is 5.32 Å². The van der Waals surface area contributed by atoms with Gasteiger partial charge in [-0.15, -0.1) is 0 Å². The van der Waals surface area contributed by atoms with Gasteiger partial charge in [-0.3, -0.25) is 4.79 Å². The molecule has 2 rings (SSSR count). The van der Waals surface area contributed by atoms with E-state index in [0.29, 0.717) is 23.7 Å². The second-order valence-electron chi connectivity index (χ2n) is 4.08. The zero-order valence-corrected chi connectivity index (χ0v) is 10.2. The molecule has 1 saturated heterocycles. The molecule has 1 aliphatic rings. The van der Waals surface area contributed by atoms with Crippen molar-refractivity contribution in [3.63, 3.8) is 0 Å². The molecule has 1 N–H and O–H groups in total. The van der Waals surface area contributed by atoms with E-state index < -0.39 is 0 Å². The van der Waals surface area contributed by atoms with Gasteiger partial charge in [0.25, 0.3) is 0 Å². The summed E-state index contributed by atoms with van der Waals surface area (Å²) in [6.45, 7) is 2.34. The minimum Gasteiger partial charge on any atom is -0.337 e. The highest BCUT2D eigenvalue weighted by atomic mass is 35.5. The van der Waals surface area contributed by atoms with Gasteiger partial charge in [-0.25, -0.2) is 9.69 Å². The Bertz CT molecular complexity index is 462. The molecule has 1 fully saturated rings. The number of benzene rings is 1. The molecule has 0 aliphatic carbocycles. The van der Waals surface area contributed by atoms with E-state index in [1.165, 1.54) is 0 Å². The van der Waals surface area contributed by atoms with Crippen molar-refractivity contribution in [3.8, 4) is 0 Å². The Morgan fingerprint density at radius 3 is 2.88 bits per heavy atom. The molecular formula is C12H13ClN2O2. The highest BCUT2D eigenvalue weighted by Gasteiger charge is 2.30. The molecule has 0 radical (unpaired) electrons. The summed E-state index contributed by atoms with van der Waals surface area (Å²) >= 11 is 5.87. The van der Waals surface area contributed by atoms with Gasteiger partial charge >= 0.3 is 6.03 Å². The summed E-state index contributed by atoms with van der Waals surface area (Å²) in [4.78, 5) is 25.1. The molecule has 4 nitrogen and oxygen atoms in total. The molecule has 1 atom stereocenters. The van der Waals surface area contributed by atoms with Crippen LogP contribution in [0.2, 0.25) is 5.02 Å². The largest absolute Gasteiger partial charge is 0.337 e. The summed E-state index contributed by atoms with van der Waals surface area (Å²) in [6, 6.07) is 6.34. The predicted octanol–water partition coefficient (Wildman–Crippen LogP) is 2.42. The summed E-state index contributed by atoms with van der Waals surface area (Å²) in [5, 5.41) is 3.20. The summed E-state index contributed by atoms with van der Waals surface area (Å²) in [7, 11) is 0. The smallest absolute Gasteiger partial charge is 0.328 e. The van der Waals surface area contributed by atoms with Crippen molar-refractivity contribution in [2.75, 3.05) is 11.4 Å². The fourth-order valence-corrected chi connectivity index (χ4v) is 1.96. The number of amides is 3. The number of hydrogen-bond acceptors (Lipinski definition) is 2. The quantitative estimate of drug-likeness (QED) is 0.835. The molecule has 1 aliphatic heterocycles. The maximum atomic E-state index is 12.1. The number of carbonyl (C=O) groups is 2. The van der Waals surface area contributed by atoms with Crippen LogP contribution in [-0.2, 0) is 4.79 Å². The van der Waals surface area contributed by atoms with Crippen LogP contribution in [0.1, 0.15) is 13.3 Å². The zero-order chi connectivity index (χ0) is 12.4. The lowest BCUT2D eigenvalue weighted by Crippen LogP contribution is -2.42. The van der Waals surface area contributed by atoms with Crippen LogP contribution in [-0.4, -0.2) is 18.5 Å². The first-order valence-corrected chi connectivity index (χ1v) is 5.85. The molecule has 0 saturated carbocycles. The first-order valence-electron chi connectivity index (χ1n) is 5.47. The Morgan fingerprint density at radius 1 is 1.41 bits per heavy atom. The Labute approximate surface area is 105 Å². The van der Waals surface area contributed by atoms with Crippen molar-refractivity contribution in [2.24, 2.45) is 5.92 Å². The van der Waals surface area contributed by atoms with E-state index in [-0.39, 0.29) is 17.9 Å². The highest BCUT2D eigenvalue weighted by molar-refractivity contribution is 6.31. The number of carbonyl (C=O) groups excluding carboxylic acids is 2. The van der Waals surface area contributed by atoms with Crippen LogP contribution in [0.4, 0.5) is 10.5 Å². The van der Waals surface area contributed by atoms with Crippen LogP contribution in [0.5, 0.6) is 0 Å². The third-order valence-electron chi connectivity index (χ3n) is 2.77. The SMILES string of the molecule is CC1CCNC(=O)N(c2cccc(Cl)c2)C1=O. The monoisotopic (exact) mass is 252 g/mol. The maximum Gasteiger partial charge on any atom is 0.328 e. The predicted molar refractivity (Wildman–Crippen MR) is 66.1 cm³/mol. The van der Waals surface area contributed by atoms with Crippen molar-refractivity contribution in [1.82, 2.24) is 5.32 Å². The van der Waals surface area contributed by atoms with Crippen LogP contribution in [0.25, 0.3) is 0 Å². The molecule has 0 bridgehead atoms. The molecule has 0 aromatic heterocycles. The average molecular weight is 253 g/mol. The van der Waals surface area contributed by atoms with Crippen molar-refractivity contribution >= 4 is 29.2 Å². The van der Waals surface area contributed by atoms with Crippen LogP contribution in [0.3, 0.4) is 0 Å². The second-order valence-corrected chi connectivity index (χ2v) is 4.51. The van der Waals surface area contributed by atoms with Crippen molar-refractivity contribution in [2.45, 2.75) is 13.3 Å². The van der Waals surface area contributed by atoms with E-state index in [0.717, 1.165) is 4.90 Å². The molecule has 1 unspecified atom stereocenters. The van der Waals surface area contributed by atoms with Crippen LogP contribution >= 0.6 is 11.6 Å². The van der Waals surface area contributed by atoms with E-state index in [9.17, 15) is 9.59 Å². The third-order valence-corrected chi connectivity index (χ3v) is 3.00. The number of hydrogen-bond donors (Lipinski definition) is 1. The normalized spacial score (nSPS) is 21.1. The molecule has 5 heteroatoms.